The average molecular weight is 282 g/mol. The third-order valence-corrected chi connectivity index (χ3v) is 4.51. The molecule has 0 aromatic carbocycles. The molecule has 0 aromatic rings. The molecule has 0 fully saturated rings. The van der Waals surface area contributed by atoms with E-state index < -0.39 is 0 Å². The topological polar surface area (TPSA) is 47.7 Å². The van der Waals surface area contributed by atoms with E-state index in [4.69, 9.17) is 10.8 Å². The van der Waals surface area contributed by atoms with Gasteiger partial charge in [0.2, 0.25) is 0 Å². The predicted molar refractivity (Wildman–Crippen MR) is 91.3 cm³/mol. The van der Waals surface area contributed by atoms with E-state index in [1.165, 1.54) is 11.1 Å². The summed E-state index contributed by atoms with van der Waals surface area (Å²) in [5.41, 5.74) is 6.34. The van der Waals surface area contributed by atoms with Crippen molar-refractivity contribution >= 4 is 11.4 Å². The highest BCUT2D eigenvalue weighted by Gasteiger charge is 2.20. The summed E-state index contributed by atoms with van der Waals surface area (Å²) in [6, 6.07) is 0. The first-order valence-electron chi connectivity index (χ1n) is 7.91. The van der Waals surface area contributed by atoms with Gasteiger partial charge in [0.1, 0.15) is 0 Å². The van der Waals surface area contributed by atoms with Crippen LogP contribution in [-0.2, 0) is 0 Å². The van der Waals surface area contributed by atoms with E-state index in [-0.39, 0.29) is 11.8 Å². The van der Waals surface area contributed by atoms with E-state index in [0.717, 1.165) is 41.8 Å². The lowest BCUT2D eigenvalue weighted by Gasteiger charge is -2.23. The molecule has 0 heterocycles. The molecule has 2 unspecified atom stereocenters. The summed E-state index contributed by atoms with van der Waals surface area (Å²) in [5.74, 6) is 0.527. The van der Waals surface area contributed by atoms with Gasteiger partial charge < -0.3 is 10.8 Å². The van der Waals surface area contributed by atoms with Crippen LogP contribution >= 0.6 is 0 Å². The van der Waals surface area contributed by atoms with Gasteiger partial charge in [-0.05, 0) is 55.4 Å². The van der Waals surface area contributed by atoms with Crippen LogP contribution in [-0.4, -0.2) is 11.4 Å². The zero-order valence-electron chi connectivity index (χ0n) is 13.6. The Bertz CT molecular complexity index is 533. The standard InChI is InChI=1S/C19H26N2/c1-5-16-10-14(7-12(3)18(16)20)9-15-8-13(4)19(21)17(6-2)11-15/h7-8,10-11,16-17,20-21H,5-6,9H2,1-4H3. The van der Waals surface area contributed by atoms with Gasteiger partial charge in [-0.2, -0.15) is 0 Å². The molecule has 2 atom stereocenters. The zero-order valence-corrected chi connectivity index (χ0v) is 13.6. The SMILES string of the molecule is CCC1C=C(CC2=CC(CC)C(=N)C(C)=C2)C=C(C)C1=N. The van der Waals surface area contributed by atoms with Crippen LogP contribution in [0.1, 0.15) is 47.0 Å². The van der Waals surface area contributed by atoms with Crippen molar-refractivity contribution in [1.82, 2.24) is 0 Å². The van der Waals surface area contributed by atoms with Crippen molar-refractivity contribution < 1.29 is 0 Å². The van der Waals surface area contributed by atoms with Crippen LogP contribution in [0.5, 0.6) is 0 Å². The number of rotatable bonds is 4. The number of hydrogen-bond donors (Lipinski definition) is 2. The highest BCUT2D eigenvalue weighted by atomic mass is 14.5. The molecule has 2 aliphatic carbocycles. The monoisotopic (exact) mass is 282 g/mol. The van der Waals surface area contributed by atoms with Crippen molar-refractivity contribution in [3.8, 4) is 0 Å². The maximum Gasteiger partial charge on any atom is 0.0411 e. The molecule has 112 valence electrons. The maximum atomic E-state index is 8.11. The largest absolute Gasteiger partial charge is 0.304 e. The van der Waals surface area contributed by atoms with Crippen molar-refractivity contribution in [3.05, 3.63) is 46.6 Å². The lowest BCUT2D eigenvalue weighted by atomic mass is 9.82. The minimum absolute atomic E-state index is 0.263. The number of allylic oxidation sites excluding steroid dienone is 8. The van der Waals surface area contributed by atoms with Crippen molar-refractivity contribution in [1.29, 1.82) is 10.8 Å². The summed E-state index contributed by atoms with van der Waals surface area (Å²) < 4.78 is 0. The molecular formula is C19H26N2. The van der Waals surface area contributed by atoms with Crippen molar-refractivity contribution in [3.63, 3.8) is 0 Å². The average Bonchev–Trinajstić information content (AvgIpc) is 2.46. The predicted octanol–water partition coefficient (Wildman–Crippen LogP) is 5.24. The Morgan fingerprint density at radius 1 is 0.810 bits per heavy atom. The van der Waals surface area contributed by atoms with Gasteiger partial charge in [0.25, 0.3) is 0 Å². The Hall–Kier alpha value is -1.70. The number of nitrogens with one attached hydrogen (secondary N) is 2. The lowest BCUT2D eigenvalue weighted by Crippen LogP contribution is -2.18. The summed E-state index contributed by atoms with van der Waals surface area (Å²) in [6.45, 7) is 8.37. The first-order valence-corrected chi connectivity index (χ1v) is 7.91. The Morgan fingerprint density at radius 2 is 1.19 bits per heavy atom. The highest BCUT2D eigenvalue weighted by molar-refractivity contribution is 6.02. The third kappa shape index (κ3) is 3.31. The summed E-state index contributed by atoms with van der Waals surface area (Å²) in [5, 5.41) is 16.2. The van der Waals surface area contributed by atoms with Crippen molar-refractivity contribution in [2.75, 3.05) is 0 Å². The quantitative estimate of drug-likeness (QED) is 0.708. The van der Waals surface area contributed by atoms with Gasteiger partial charge in [-0.15, -0.1) is 0 Å². The van der Waals surface area contributed by atoms with Gasteiger partial charge in [-0.1, -0.05) is 38.2 Å². The molecule has 0 bridgehead atoms. The molecule has 2 aliphatic rings. The van der Waals surface area contributed by atoms with Crippen LogP contribution in [0.4, 0.5) is 0 Å². The molecule has 0 amide bonds. The molecule has 21 heavy (non-hydrogen) atoms. The minimum Gasteiger partial charge on any atom is -0.304 e. The summed E-state index contributed by atoms with van der Waals surface area (Å²) in [7, 11) is 0. The van der Waals surface area contributed by atoms with Crippen LogP contribution in [0.3, 0.4) is 0 Å². The van der Waals surface area contributed by atoms with Gasteiger partial charge in [0.15, 0.2) is 0 Å². The molecule has 0 saturated carbocycles. The highest BCUT2D eigenvalue weighted by Crippen LogP contribution is 2.30. The fourth-order valence-corrected chi connectivity index (χ4v) is 3.18. The fraction of sp³-hybridized carbons (Fsp3) is 0.474. The zero-order chi connectivity index (χ0) is 15.6. The van der Waals surface area contributed by atoms with Crippen molar-refractivity contribution in [2.45, 2.75) is 47.0 Å². The van der Waals surface area contributed by atoms with E-state index in [1.807, 2.05) is 13.8 Å². The lowest BCUT2D eigenvalue weighted by molar-refractivity contribution is 0.784. The van der Waals surface area contributed by atoms with Crippen LogP contribution in [0.15, 0.2) is 46.6 Å². The summed E-state index contributed by atoms with van der Waals surface area (Å²) in [4.78, 5) is 0. The fourth-order valence-electron chi connectivity index (χ4n) is 3.18. The first kappa shape index (κ1) is 15.7. The van der Waals surface area contributed by atoms with Crippen LogP contribution in [0.25, 0.3) is 0 Å². The van der Waals surface area contributed by atoms with E-state index >= 15 is 0 Å². The molecule has 2 heteroatoms. The Labute approximate surface area is 128 Å². The first-order chi connectivity index (χ1) is 9.96. The second kappa shape index (κ2) is 6.38. The van der Waals surface area contributed by atoms with Gasteiger partial charge >= 0.3 is 0 Å². The molecule has 2 nitrogen and oxygen atoms in total. The molecular weight excluding hydrogens is 256 g/mol. The second-order valence-corrected chi connectivity index (χ2v) is 6.17. The molecule has 0 aromatic heterocycles. The molecule has 2 rings (SSSR count). The molecule has 0 saturated heterocycles. The normalized spacial score (nSPS) is 26.1. The molecule has 2 N–H and O–H groups in total. The van der Waals surface area contributed by atoms with E-state index in [9.17, 15) is 0 Å². The minimum atomic E-state index is 0.263. The molecule has 0 radical (unpaired) electrons. The Kier molecular flexibility index (Phi) is 4.76. The third-order valence-electron chi connectivity index (χ3n) is 4.51. The van der Waals surface area contributed by atoms with Gasteiger partial charge in [0.05, 0.1) is 0 Å². The van der Waals surface area contributed by atoms with Crippen LogP contribution in [0.2, 0.25) is 0 Å². The van der Waals surface area contributed by atoms with Crippen molar-refractivity contribution in [2.24, 2.45) is 11.8 Å². The second-order valence-electron chi connectivity index (χ2n) is 6.17. The van der Waals surface area contributed by atoms with Gasteiger partial charge in [-0.25, -0.2) is 0 Å². The van der Waals surface area contributed by atoms with E-state index in [0.29, 0.717) is 0 Å². The molecule has 0 aliphatic heterocycles. The van der Waals surface area contributed by atoms with E-state index in [1.54, 1.807) is 0 Å². The Balaban J connectivity index is 2.22. The Morgan fingerprint density at radius 3 is 1.52 bits per heavy atom. The molecule has 0 spiro atoms. The van der Waals surface area contributed by atoms with Gasteiger partial charge in [-0.3, -0.25) is 0 Å². The summed E-state index contributed by atoms with van der Waals surface area (Å²) in [6.07, 6.45) is 11.7. The smallest absolute Gasteiger partial charge is 0.0411 e. The number of hydrogen-bond acceptors (Lipinski definition) is 2. The van der Waals surface area contributed by atoms with E-state index in [2.05, 4.69) is 38.2 Å². The van der Waals surface area contributed by atoms with Crippen LogP contribution < -0.4 is 0 Å². The van der Waals surface area contributed by atoms with Gasteiger partial charge in [0, 0.05) is 23.3 Å². The van der Waals surface area contributed by atoms with Crippen LogP contribution in [0, 0.1) is 22.7 Å². The summed E-state index contributed by atoms with van der Waals surface area (Å²) >= 11 is 0. The maximum absolute atomic E-state index is 8.11.